The molecule has 2 nitrogen and oxygen atoms in total. The maximum Gasteiger partial charge on any atom is 0.0972 e. The van der Waals surface area contributed by atoms with Gasteiger partial charge in [-0.3, -0.25) is 0 Å². The Morgan fingerprint density at radius 3 is 1.77 bits per heavy atom. The first-order chi connectivity index (χ1) is 23.3. The molecule has 0 unspecified atom stereocenters. The molecule has 0 aliphatic carbocycles. The standard InChI is InChI=1S/C44H26N2S/c1-2-9-32-31(8-1)26-38(35-11-4-3-10-34(32)35)40-25-23-30-21-20-29-22-24-39(45-42(29)43(30)46-40)28-18-16-27(17-19-28)33-13-7-14-37-36-12-5-6-15-41(36)47-44(33)37/h1-26H. The fourth-order valence-electron chi connectivity index (χ4n) is 7.14. The van der Waals surface area contributed by atoms with E-state index in [-0.39, 0.29) is 0 Å². The molecule has 10 aromatic rings. The fourth-order valence-corrected chi connectivity index (χ4v) is 8.38. The summed E-state index contributed by atoms with van der Waals surface area (Å²) in [6, 6.07) is 56.6. The molecule has 218 valence electrons. The van der Waals surface area contributed by atoms with Gasteiger partial charge in [-0.15, -0.1) is 11.3 Å². The molecule has 7 aromatic carbocycles. The van der Waals surface area contributed by atoms with Gasteiger partial charge in [-0.25, -0.2) is 9.97 Å². The van der Waals surface area contributed by atoms with Crippen molar-refractivity contribution in [2.24, 2.45) is 0 Å². The molecule has 0 radical (unpaired) electrons. The van der Waals surface area contributed by atoms with Crippen molar-refractivity contribution in [3.8, 4) is 33.6 Å². The summed E-state index contributed by atoms with van der Waals surface area (Å²) >= 11 is 1.87. The predicted octanol–water partition coefficient (Wildman–Crippen LogP) is 12.5. The smallest absolute Gasteiger partial charge is 0.0972 e. The zero-order valence-corrected chi connectivity index (χ0v) is 26.1. The molecule has 0 saturated carbocycles. The Labute approximate surface area is 275 Å². The summed E-state index contributed by atoms with van der Waals surface area (Å²) in [7, 11) is 0. The van der Waals surface area contributed by atoms with Gasteiger partial charge in [0.15, 0.2) is 0 Å². The van der Waals surface area contributed by atoms with Gasteiger partial charge in [0.1, 0.15) is 0 Å². The van der Waals surface area contributed by atoms with E-state index >= 15 is 0 Å². The van der Waals surface area contributed by atoms with E-state index < -0.39 is 0 Å². The summed E-state index contributed by atoms with van der Waals surface area (Å²) in [5.74, 6) is 0. The lowest BCUT2D eigenvalue weighted by Crippen LogP contribution is -1.92. The predicted molar refractivity (Wildman–Crippen MR) is 201 cm³/mol. The minimum Gasteiger partial charge on any atom is -0.245 e. The zero-order valence-electron chi connectivity index (χ0n) is 25.3. The van der Waals surface area contributed by atoms with Crippen molar-refractivity contribution in [1.82, 2.24) is 9.97 Å². The highest BCUT2D eigenvalue weighted by atomic mass is 32.1. The number of benzene rings is 7. The molecule has 10 rings (SSSR count). The number of aromatic nitrogens is 2. The third kappa shape index (κ3) is 4.17. The maximum atomic E-state index is 5.30. The second-order valence-electron chi connectivity index (χ2n) is 12.2. The molecule has 0 saturated heterocycles. The van der Waals surface area contributed by atoms with Gasteiger partial charge in [-0.1, -0.05) is 133 Å². The molecule has 0 aliphatic rings. The summed E-state index contributed by atoms with van der Waals surface area (Å²) < 4.78 is 2.66. The van der Waals surface area contributed by atoms with Gasteiger partial charge in [0.05, 0.1) is 22.4 Å². The van der Waals surface area contributed by atoms with Gasteiger partial charge in [-0.2, -0.15) is 0 Å². The number of nitrogens with zero attached hydrogens (tertiary/aromatic N) is 2. The Bertz CT molecular complexity index is 2850. The van der Waals surface area contributed by atoms with E-state index in [1.165, 1.54) is 52.8 Å². The van der Waals surface area contributed by atoms with Crippen LogP contribution in [-0.2, 0) is 0 Å². The highest BCUT2D eigenvalue weighted by Gasteiger charge is 2.14. The third-order valence-corrected chi connectivity index (χ3v) is 10.7. The Kier molecular flexibility index (Phi) is 5.78. The molecule has 3 heterocycles. The molecule has 0 spiro atoms. The van der Waals surface area contributed by atoms with E-state index in [2.05, 4.69) is 158 Å². The molecule has 3 heteroatoms. The zero-order chi connectivity index (χ0) is 30.9. The van der Waals surface area contributed by atoms with E-state index in [1.807, 2.05) is 11.3 Å². The summed E-state index contributed by atoms with van der Waals surface area (Å²) in [4.78, 5) is 10.5. The van der Waals surface area contributed by atoms with E-state index in [0.717, 1.165) is 44.3 Å². The van der Waals surface area contributed by atoms with Gasteiger partial charge < -0.3 is 0 Å². The van der Waals surface area contributed by atoms with Crippen molar-refractivity contribution >= 4 is 74.9 Å². The molecule has 0 bridgehead atoms. The van der Waals surface area contributed by atoms with Crippen molar-refractivity contribution < 1.29 is 0 Å². The molecule has 3 aromatic heterocycles. The molecule has 47 heavy (non-hydrogen) atoms. The quantitative estimate of drug-likeness (QED) is 0.185. The van der Waals surface area contributed by atoms with Crippen LogP contribution in [0, 0.1) is 0 Å². The number of pyridine rings is 2. The van der Waals surface area contributed by atoms with Gasteiger partial charge in [0.2, 0.25) is 0 Å². The first kappa shape index (κ1) is 26.3. The lowest BCUT2D eigenvalue weighted by atomic mass is 9.95. The minimum atomic E-state index is 0.922. The van der Waals surface area contributed by atoms with Gasteiger partial charge in [0.25, 0.3) is 0 Å². The normalized spacial score (nSPS) is 11.8. The van der Waals surface area contributed by atoms with Crippen LogP contribution in [0.5, 0.6) is 0 Å². The van der Waals surface area contributed by atoms with Crippen molar-refractivity contribution in [3.05, 3.63) is 158 Å². The Balaban J connectivity index is 1.09. The molecule has 0 N–H and O–H groups in total. The van der Waals surface area contributed by atoms with Crippen LogP contribution in [0.2, 0.25) is 0 Å². The van der Waals surface area contributed by atoms with E-state index in [0.29, 0.717) is 0 Å². The number of hydrogen-bond acceptors (Lipinski definition) is 3. The highest BCUT2D eigenvalue weighted by molar-refractivity contribution is 7.26. The topological polar surface area (TPSA) is 25.8 Å². The molecular weight excluding hydrogens is 589 g/mol. The van der Waals surface area contributed by atoms with Crippen LogP contribution in [0.1, 0.15) is 0 Å². The second kappa shape index (κ2) is 10.3. The number of rotatable bonds is 3. The maximum absolute atomic E-state index is 5.30. The van der Waals surface area contributed by atoms with Crippen molar-refractivity contribution in [2.75, 3.05) is 0 Å². The second-order valence-corrected chi connectivity index (χ2v) is 13.2. The van der Waals surface area contributed by atoms with E-state index in [9.17, 15) is 0 Å². The van der Waals surface area contributed by atoms with Crippen molar-refractivity contribution in [3.63, 3.8) is 0 Å². The molecular formula is C44H26N2S. The lowest BCUT2D eigenvalue weighted by Gasteiger charge is -2.12. The highest BCUT2D eigenvalue weighted by Crippen LogP contribution is 2.40. The molecule has 0 aliphatic heterocycles. The van der Waals surface area contributed by atoms with Gasteiger partial charge in [0, 0.05) is 42.1 Å². The summed E-state index contributed by atoms with van der Waals surface area (Å²) in [6.07, 6.45) is 0. The van der Waals surface area contributed by atoms with Crippen LogP contribution < -0.4 is 0 Å². The minimum absolute atomic E-state index is 0.922. The molecule has 0 amide bonds. The van der Waals surface area contributed by atoms with Crippen LogP contribution in [0.15, 0.2) is 158 Å². The third-order valence-electron chi connectivity index (χ3n) is 9.46. The summed E-state index contributed by atoms with van der Waals surface area (Å²) in [5, 5.41) is 9.74. The Morgan fingerprint density at radius 2 is 0.957 bits per heavy atom. The SMILES string of the molecule is c1ccc2c(c1)cc(-c1ccc3ccc4ccc(-c5ccc(-c6cccc7c6sc6ccccc67)cc5)nc4c3n1)c1ccccc12. The Morgan fingerprint density at radius 1 is 0.362 bits per heavy atom. The van der Waals surface area contributed by atoms with Crippen molar-refractivity contribution in [1.29, 1.82) is 0 Å². The largest absolute Gasteiger partial charge is 0.245 e. The van der Waals surface area contributed by atoms with E-state index in [4.69, 9.17) is 9.97 Å². The molecule has 0 fully saturated rings. The first-order valence-electron chi connectivity index (χ1n) is 15.9. The van der Waals surface area contributed by atoms with Crippen molar-refractivity contribution in [2.45, 2.75) is 0 Å². The van der Waals surface area contributed by atoms with Crippen LogP contribution in [0.25, 0.3) is 97.2 Å². The summed E-state index contributed by atoms with van der Waals surface area (Å²) in [5.41, 5.74) is 8.46. The first-order valence-corrected chi connectivity index (χ1v) is 16.7. The average Bonchev–Trinajstić information content (AvgIpc) is 3.53. The van der Waals surface area contributed by atoms with Gasteiger partial charge in [-0.05, 0) is 56.9 Å². The van der Waals surface area contributed by atoms with Crippen LogP contribution in [0.3, 0.4) is 0 Å². The van der Waals surface area contributed by atoms with Crippen LogP contribution in [-0.4, -0.2) is 9.97 Å². The fraction of sp³-hybridized carbons (Fsp3) is 0. The monoisotopic (exact) mass is 614 g/mol. The Hall–Kier alpha value is -5.90. The number of fused-ring (bicyclic) bond motifs is 9. The van der Waals surface area contributed by atoms with Gasteiger partial charge >= 0.3 is 0 Å². The molecule has 0 atom stereocenters. The lowest BCUT2D eigenvalue weighted by molar-refractivity contribution is 1.37. The summed E-state index contributed by atoms with van der Waals surface area (Å²) in [6.45, 7) is 0. The van der Waals surface area contributed by atoms with Crippen LogP contribution in [0.4, 0.5) is 0 Å². The van der Waals surface area contributed by atoms with E-state index in [1.54, 1.807) is 0 Å². The number of hydrogen-bond donors (Lipinski definition) is 0. The average molecular weight is 615 g/mol. The number of thiophene rings is 1. The van der Waals surface area contributed by atoms with Crippen LogP contribution >= 0.6 is 11.3 Å².